The maximum absolute atomic E-state index is 13.5. The average Bonchev–Trinajstić information content (AvgIpc) is 2.36. The van der Waals surface area contributed by atoms with Crippen molar-refractivity contribution in [2.45, 2.75) is 6.92 Å². The standard InChI is InChI=1S/C12H12F2N4/c1-7-11(15-2)16-6-17-12(7)18-10-8(13)4-3-5-9(10)14/h3-6H,1-2H3,(H2,15,16,17,18). The van der Waals surface area contributed by atoms with E-state index in [-0.39, 0.29) is 5.69 Å². The molecular weight excluding hydrogens is 238 g/mol. The van der Waals surface area contributed by atoms with Crippen molar-refractivity contribution < 1.29 is 8.78 Å². The molecule has 0 aliphatic heterocycles. The lowest BCUT2D eigenvalue weighted by atomic mass is 10.2. The Kier molecular flexibility index (Phi) is 3.36. The topological polar surface area (TPSA) is 49.8 Å². The first-order chi connectivity index (χ1) is 8.63. The van der Waals surface area contributed by atoms with E-state index in [1.807, 2.05) is 0 Å². The molecule has 0 radical (unpaired) electrons. The molecule has 0 atom stereocenters. The highest BCUT2D eigenvalue weighted by molar-refractivity contribution is 5.64. The van der Waals surface area contributed by atoms with Crippen LogP contribution in [0.4, 0.5) is 26.1 Å². The monoisotopic (exact) mass is 250 g/mol. The molecule has 1 heterocycles. The van der Waals surface area contributed by atoms with Crippen molar-refractivity contribution in [3.63, 3.8) is 0 Å². The van der Waals surface area contributed by atoms with E-state index in [4.69, 9.17) is 0 Å². The van der Waals surface area contributed by atoms with Gasteiger partial charge in [-0.2, -0.15) is 0 Å². The summed E-state index contributed by atoms with van der Waals surface area (Å²) in [5.74, 6) is -0.374. The molecule has 0 aliphatic rings. The van der Waals surface area contributed by atoms with Gasteiger partial charge in [-0.25, -0.2) is 18.7 Å². The summed E-state index contributed by atoms with van der Waals surface area (Å²) >= 11 is 0. The molecule has 6 heteroatoms. The van der Waals surface area contributed by atoms with Crippen LogP contribution in [0, 0.1) is 18.6 Å². The number of hydrogen-bond donors (Lipinski definition) is 2. The first kappa shape index (κ1) is 12.2. The zero-order chi connectivity index (χ0) is 13.1. The second kappa shape index (κ2) is 4.95. The lowest BCUT2D eigenvalue weighted by Gasteiger charge is -2.12. The van der Waals surface area contributed by atoms with E-state index in [0.717, 1.165) is 0 Å². The predicted octanol–water partition coefficient (Wildman–Crippen LogP) is 2.85. The Bertz CT molecular complexity index is 552. The van der Waals surface area contributed by atoms with Crippen LogP contribution >= 0.6 is 0 Å². The Labute approximate surface area is 103 Å². The van der Waals surface area contributed by atoms with E-state index in [0.29, 0.717) is 17.2 Å². The van der Waals surface area contributed by atoms with Gasteiger partial charge in [0.1, 0.15) is 35.3 Å². The Hall–Kier alpha value is -2.24. The van der Waals surface area contributed by atoms with Crippen LogP contribution in [0.15, 0.2) is 24.5 Å². The maximum Gasteiger partial charge on any atom is 0.149 e. The number of hydrogen-bond acceptors (Lipinski definition) is 4. The highest BCUT2D eigenvalue weighted by atomic mass is 19.1. The summed E-state index contributed by atoms with van der Waals surface area (Å²) in [6.07, 6.45) is 1.32. The molecule has 0 aliphatic carbocycles. The number of nitrogens with one attached hydrogen (secondary N) is 2. The van der Waals surface area contributed by atoms with Gasteiger partial charge in [0.15, 0.2) is 0 Å². The molecule has 0 amide bonds. The van der Waals surface area contributed by atoms with E-state index >= 15 is 0 Å². The van der Waals surface area contributed by atoms with Gasteiger partial charge in [0.2, 0.25) is 0 Å². The van der Waals surface area contributed by atoms with Gasteiger partial charge < -0.3 is 10.6 Å². The molecule has 18 heavy (non-hydrogen) atoms. The third kappa shape index (κ3) is 2.22. The van der Waals surface area contributed by atoms with E-state index < -0.39 is 11.6 Å². The van der Waals surface area contributed by atoms with Gasteiger partial charge in [-0.3, -0.25) is 0 Å². The van der Waals surface area contributed by atoms with E-state index in [1.54, 1.807) is 14.0 Å². The van der Waals surface area contributed by atoms with Crippen molar-refractivity contribution in [2.75, 3.05) is 17.7 Å². The van der Waals surface area contributed by atoms with Crippen LogP contribution < -0.4 is 10.6 Å². The molecule has 0 bridgehead atoms. The van der Waals surface area contributed by atoms with Gasteiger partial charge in [-0.15, -0.1) is 0 Å². The van der Waals surface area contributed by atoms with Crippen LogP contribution in [0.1, 0.15) is 5.56 Å². The quantitative estimate of drug-likeness (QED) is 0.879. The SMILES string of the molecule is CNc1ncnc(Nc2c(F)cccc2F)c1C. The van der Waals surface area contributed by atoms with Crippen molar-refractivity contribution in [1.29, 1.82) is 0 Å². The number of halogens is 2. The summed E-state index contributed by atoms with van der Waals surface area (Å²) in [5, 5.41) is 5.51. The van der Waals surface area contributed by atoms with E-state index in [1.165, 1.54) is 24.5 Å². The summed E-state index contributed by atoms with van der Waals surface area (Å²) in [7, 11) is 1.71. The fourth-order valence-corrected chi connectivity index (χ4v) is 1.56. The first-order valence-electron chi connectivity index (χ1n) is 5.34. The molecule has 1 aromatic carbocycles. The second-order valence-corrected chi connectivity index (χ2v) is 3.67. The molecule has 2 N–H and O–H groups in total. The molecule has 0 spiro atoms. The minimum Gasteiger partial charge on any atom is -0.373 e. The minimum absolute atomic E-state index is 0.221. The zero-order valence-electron chi connectivity index (χ0n) is 9.96. The number of aromatic nitrogens is 2. The highest BCUT2D eigenvalue weighted by Gasteiger charge is 2.12. The van der Waals surface area contributed by atoms with Gasteiger partial charge in [-0.1, -0.05) is 6.07 Å². The Morgan fingerprint density at radius 2 is 1.67 bits per heavy atom. The van der Waals surface area contributed by atoms with Gasteiger partial charge in [0.05, 0.1) is 0 Å². The maximum atomic E-state index is 13.5. The zero-order valence-corrected chi connectivity index (χ0v) is 9.96. The van der Waals surface area contributed by atoms with Crippen LogP contribution in [0.3, 0.4) is 0 Å². The van der Waals surface area contributed by atoms with Crippen molar-refractivity contribution in [2.24, 2.45) is 0 Å². The number of anilines is 3. The van der Waals surface area contributed by atoms with Gasteiger partial charge in [-0.05, 0) is 19.1 Å². The van der Waals surface area contributed by atoms with E-state index in [9.17, 15) is 8.78 Å². The largest absolute Gasteiger partial charge is 0.373 e. The van der Waals surface area contributed by atoms with Crippen molar-refractivity contribution in [1.82, 2.24) is 9.97 Å². The van der Waals surface area contributed by atoms with Crippen molar-refractivity contribution in [3.8, 4) is 0 Å². The molecule has 0 saturated heterocycles. The van der Waals surface area contributed by atoms with Crippen LogP contribution in [-0.2, 0) is 0 Å². The lowest BCUT2D eigenvalue weighted by Crippen LogP contribution is -2.04. The summed E-state index contributed by atoms with van der Waals surface area (Å²) < 4.78 is 27.0. The van der Waals surface area contributed by atoms with Gasteiger partial charge >= 0.3 is 0 Å². The minimum atomic E-state index is -0.668. The Balaban J connectivity index is 2.40. The fraction of sp³-hybridized carbons (Fsp3) is 0.167. The molecule has 0 fully saturated rings. The Morgan fingerprint density at radius 3 is 2.28 bits per heavy atom. The summed E-state index contributed by atoms with van der Waals surface area (Å²) in [5.41, 5.74) is 0.462. The van der Waals surface area contributed by atoms with Gasteiger partial charge in [0, 0.05) is 12.6 Å². The van der Waals surface area contributed by atoms with Gasteiger partial charge in [0.25, 0.3) is 0 Å². The van der Waals surface area contributed by atoms with Crippen LogP contribution in [0.5, 0.6) is 0 Å². The summed E-state index contributed by atoms with van der Waals surface area (Å²) in [4.78, 5) is 7.96. The molecule has 2 rings (SSSR count). The van der Waals surface area contributed by atoms with Crippen molar-refractivity contribution >= 4 is 17.3 Å². The fourth-order valence-electron chi connectivity index (χ4n) is 1.56. The number of benzene rings is 1. The van der Waals surface area contributed by atoms with Crippen LogP contribution in [-0.4, -0.2) is 17.0 Å². The third-order valence-corrected chi connectivity index (χ3v) is 2.53. The molecule has 0 saturated carbocycles. The van der Waals surface area contributed by atoms with Crippen LogP contribution in [0.2, 0.25) is 0 Å². The van der Waals surface area contributed by atoms with Crippen LogP contribution in [0.25, 0.3) is 0 Å². The first-order valence-corrected chi connectivity index (χ1v) is 5.34. The van der Waals surface area contributed by atoms with Crippen molar-refractivity contribution in [3.05, 3.63) is 41.7 Å². The number of rotatable bonds is 3. The second-order valence-electron chi connectivity index (χ2n) is 3.67. The number of nitrogens with zero attached hydrogens (tertiary/aromatic N) is 2. The third-order valence-electron chi connectivity index (χ3n) is 2.53. The summed E-state index contributed by atoms with van der Waals surface area (Å²) in [6.45, 7) is 1.76. The summed E-state index contributed by atoms with van der Waals surface area (Å²) in [6, 6.07) is 3.67. The molecule has 94 valence electrons. The highest BCUT2D eigenvalue weighted by Crippen LogP contribution is 2.25. The lowest BCUT2D eigenvalue weighted by molar-refractivity contribution is 0.590. The normalized spacial score (nSPS) is 10.2. The number of para-hydroxylation sites is 1. The average molecular weight is 250 g/mol. The predicted molar refractivity (Wildman–Crippen MR) is 66.0 cm³/mol. The molecule has 4 nitrogen and oxygen atoms in total. The Morgan fingerprint density at radius 1 is 1.06 bits per heavy atom. The van der Waals surface area contributed by atoms with E-state index in [2.05, 4.69) is 20.6 Å². The molecular formula is C12H12F2N4. The molecule has 0 unspecified atom stereocenters. The molecule has 1 aromatic heterocycles. The smallest absolute Gasteiger partial charge is 0.149 e. The molecule has 2 aromatic rings.